The topological polar surface area (TPSA) is 67.0 Å². The van der Waals surface area contributed by atoms with Crippen LogP contribution in [-0.4, -0.2) is 27.2 Å². The molecule has 2 aromatic heterocycles. The molecule has 3 N–H and O–H groups in total. The first-order chi connectivity index (χ1) is 10.9. The molecule has 22 heavy (non-hydrogen) atoms. The summed E-state index contributed by atoms with van der Waals surface area (Å²) >= 11 is 1.88. The van der Waals surface area contributed by atoms with Crippen LogP contribution in [0.1, 0.15) is 0 Å². The Balaban J connectivity index is 1.49. The predicted octanol–water partition coefficient (Wildman–Crippen LogP) is 1.97. The maximum Gasteiger partial charge on any atom is 0.176 e. The second-order valence-electron chi connectivity index (χ2n) is 5.10. The number of benzene rings is 1. The number of hydrazine groups is 2. The van der Waals surface area contributed by atoms with Gasteiger partial charge in [0.1, 0.15) is 5.58 Å². The molecule has 0 radical (unpaired) electrons. The highest BCUT2D eigenvalue weighted by atomic mass is 32.2. The highest BCUT2D eigenvalue weighted by molar-refractivity contribution is 7.99. The van der Waals surface area contributed by atoms with E-state index < -0.39 is 0 Å². The lowest BCUT2D eigenvalue weighted by Crippen LogP contribution is -2.32. The Morgan fingerprint density at radius 3 is 3.18 bits per heavy atom. The van der Waals surface area contributed by atoms with Crippen molar-refractivity contribution in [3.8, 4) is 11.6 Å². The molecule has 1 unspecified atom stereocenters. The number of para-hydroxylation sites is 1. The Kier molecular flexibility index (Phi) is 3.86. The van der Waals surface area contributed by atoms with E-state index in [4.69, 9.17) is 4.42 Å². The van der Waals surface area contributed by atoms with Crippen molar-refractivity contribution in [2.75, 3.05) is 12.3 Å². The number of hydrogen-bond acceptors (Lipinski definition) is 6. The van der Waals surface area contributed by atoms with Gasteiger partial charge < -0.3 is 8.98 Å². The van der Waals surface area contributed by atoms with Crippen molar-refractivity contribution >= 4 is 22.7 Å². The summed E-state index contributed by atoms with van der Waals surface area (Å²) in [5, 5.41) is 1.51. The summed E-state index contributed by atoms with van der Waals surface area (Å²) in [6.07, 6.45) is 3.83. The van der Waals surface area contributed by atoms with E-state index in [1.807, 2.05) is 48.4 Å². The lowest BCUT2D eigenvalue weighted by Gasteiger charge is -2.09. The lowest BCUT2D eigenvalue weighted by atomic mass is 10.2. The quantitative estimate of drug-likeness (QED) is 0.669. The van der Waals surface area contributed by atoms with Crippen LogP contribution in [0.2, 0.25) is 0 Å². The van der Waals surface area contributed by atoms with Gasteiger partial charge in [-0.05, 0) is 12.1 Å². The van der Waals surface area contributed by atoms with Gasteiger partial charge in [0.2, 0.25) is 0 Å². The standard InChI is InChI=1S/C15H17N5OS/c1-2-4-12-11(3-1)9-13(21-12)15-16-5-6-20(15)7-8-22-14-10-17-19-18-14/h1-6,9,14,17-19H,7-8,10H2. The first-order valence-electron chi connectivity index (χ1n) is 7.25. The number of aryl methyl sites for hydroxylation is 1. The van der Waals surface area contributed by atoms with Gasteiger partial charge >= 0.3 is 0 Å². The third-order valence-corrected chi connectivity index (χ3v) is 4.73. The van der Waals surface area contributed by atoms with Gasteiger partial charge in [0.25, 0.3) is 0 Å². The Morgan fingerprint density at radius 1 is 1.36 bits per heavy atom. The lowest BCUT2D eigenvalue weighted by molar-refractivity contribution is 0.586. The minimum Gasteiger partial charge on any atom is -0.453 e. The predicted molar refractivity (Wildman–Crippen MR) is 88.0 cm³/mol. The van der Waals surface area contributed by atoms with Crippen LogP contribution in [-0.2, 0) is 6.54 Å². The number of thioether (sulfide) groups is 1. The number of rotatable bonds is 5. The minimum absolute atomic E-state index is 0.401. The molecule has 7 heteroatoms. The zero-order valence-electron chi connectivity index (χ0n) is 12.0. The van der Waals surface area contributed by atoms with Gasteiger partial charge in [0, 0.05) is 36.6 Å². The van der Waals surface area contributed by atoms with E-state index in [0.29, 0.717) is 5.37 Å². The molecule has 0 bridgehead atoms. The first-order valence-corrected chi connectivity index (χ1v) is 8.30. The van der Waals surface area contributed by atoms with Gasteiger partial charge in [-0.2, -0.15) is 5.53 Å². The summed E-state index contributed by atoms with van der Waals surface area (Å²) in [7, 11) is 0. The SMILES string of the molecule is c1ccc2oc(-c3nccn3CCSC3CNNN3)cc2c1. The smallest absolute Gasteiger partial charge is 0.176 e. The number of nitrogens with one attached hydrogen (secondary N) is 3. The van der Waals surface area contributed by atoms with Crippen LogP contribution in [0.15, 0.2) is 47.1 Å². The Bertz CT molecular complexity index is 729. The van der Waals surface area contributed by atoms with Crippen molar-refractivity contribution in [1.29, 1.82) is 0 Å². The Morgan fingerprint density at radius 2 is 2.32 bits per heavy atom. The van der Waals surface area contributed by atoms with Crippen molar-refractivity contribution in [1.82, 2.24) is 25.9 Å². The fraction of sp³-hybridized carbons (Fsp3) is 0.267. The zero-order valence-corrected chi connectivity index (χ0v) is 12.8. The normalized spacial score (nSPS) is 18.3. The molecule has 0 saturated carbocycles. The highest BCUT2D eigenvalue weighted by Crippen LogP contribution is 2.26. The molecule has 1 aromatic carbocycles. The molecule has 1 atom stereocenters. The summed E-state index contributed by atoms with van der Waals surface area (Å²) in [6, 6.07) is 10.1. The molecule has 4 rings (SSSR count). The van der Waals surface area contributed by atoms with Gasteiger partial charge in [-0.25, -0.2) is 15.8 Å². The highest BCUT2D eigenvalue weighted by Gasteiger charge is 2.15. The average molecular weight is 315 g/mol. The van der Waals surface area contributed by atoms with Crippen LogP contribution in [0, 0.1) is 0 Å². The van der Waals surface area contributed by atoms with E-state index in [9.17, 15) is 0 Å². The number of imidazole rings is 1. The second kappa shape index (κ2) is 6.13. The van der Waals surface area contributed by atoms with E-state index in [1.165, 1.54) is 0 Å². The van der Waals surface area contributed by atoms with E-state index in [1.54, 1.807) is 0 Å². The van der Waals surface area contributed by atoms with E-state index >= 15 is 0 Å². The molecule has 1 aliphatic rings. The molecule has 3 aromatic rings. The maximum atomic E-state index is 5.91. The van der Waals surface area contributed by atoms with Gasteiger partial charge in [-0.1, -0.05) is 18.2 Å². The average Bonchev–Trinajstić information content (AvgIpc) is 3.27. The van der Waals surface area contributed by atoms with E-state index in [0.717, 1.165) is 41.4 Å². The van der Waals surface area contributed by atoms with Crippen LogP contribution in [0.4, 0.5) is 0 Å². The summed E-state index contributed by atoms with van der Waals surface area (Å²) < 4.78 is 8.05. The van der Waals surface area contributed by atoms with E-state index in [-0.39, 0.29) is 0 Å². The number of fused-ring (bicyclic) bond motifs is 1. The number of aromatic nitrogens is 2. The monoisotopic (exact) mass is 315 g/mol. The van der Waals surface area contributed by atoms with Crippen molar-refractivity contribution < 1.29 is 4.42 Å². The van der Waals surface area contributed by atoms with Gasteiger partial charge in [-0.15, -0.1) is 11.8 Å². The largest absolute Gasteiger partial charge is 0.453 e. The fourth-order valence-electron chi connectivity index (χ4n) is 2.53. The van der Waals surface area contributed by atoms with Gasteiger partial charge in [0.05, 0.1) is 5.37 Å². The van der Waals surface area contributed by atoms with Crippen LogP contribution in [0.3, 0.4) is 0 Å². The minimum atomic E-state index is 0.401. The molecular weight excluding hydrogens is 298 g/mol. The summed E-state index contributed by atoms with van der Waals surface area (Å²) in [5.41, 5.74) is 10.0. The second-order valence-corrected chi connectivity index (χ2v) is 6.41. The number of furan rings is 1. The summed E-state index contributed by atoms with van der Waals surface area (Å²) in [6.45, 7) is 1.82. The van der Waals surface area contributed by atoms with Gasteiger partial charge in [-0.3, -0.25) is 0 Å². The Labute approximate surface area is 132 Å². The zero-order chi connectivity index (χ0) is 14.8. The molecule has 1 fully saturated rings. The molecule has 0 amide bonds. The summed E-state index contributed by atoms with van der Waals surface area (Å²) in [5.74, 6) is 2.70. The maximum absolute atomic E-state index is 5.91. The molecule has 6 nitrogen and oxygen atoms in total. The molecule has 3 heterocycles. The number of nitrogens with zero attached hydrogens (tertiary/aromatic N) is 2. The molecule has 1 aliphatic heterocycles. The molecular formula is C15H17N5OS. The third-order valence-electron chi connectivity index (χ3n) is 3.62. The fourth-order valence-corrected chi connectivity index (χ4v) is 3.46. The number of hydrogen-bond donors (Lipinski definition) is 3. The first kappa shape index (κ1) is 13.8. The molecule has 1 saturated heterocycles. The van der Waals surface area contributed by atoms with Crippen LogP contribution in [0.5, 0.6) is 0 Å². The summed E-state index contributed by atoms with van der Waals surface area (Å²) in [4.78, 5) is 4.45. The molecule has 0 aliphatic carbocycles. The van der Waals surface area contributed by atoms with Crippen molar-refractivity contribution in [3.05, 3.63) is 42.7 Å². The van der Waals surface area contributed by atoms with Crippen LogP contribution in [0.25, 0.3) is 22.6 Å². The van der Waals surface area contributed by atoms with Crippen LogP contribution >= 0.6 is 11.8 Å². The van der Waals surface area contributed by atoms with E-state index in [2.05, 4.69) is 32.0 Å². The van der Waals surface area contributed by atoms with Crippen molar-refractivity contribution in [2.24, 2.45) is 0 Å². The third kappa shape index (κ3) is 2.76. The van der Waals surface area contributed by atoms with Crippen molar-refractivity contribution in [3.63, 3.8) is 0 Å². The van der Waals surface area contributed by atoms with Crippen molar-refractivity contribution in [2.45, 2.75) is 11.9 Å². The molecule has 114 valence electrons. The molecule has 0 spiro atoms. The van der Waals surface area contributed by atoms with Crippen LogP contribution < -0.4 is 16.4 Å². The van der Waals surface area contributed by atoms with Gasteiger partial charge in [0.15, 0.2) is 11.6 Å². The Hall–Kier alpha value is -1.80.